The number of rotatable bonds is 7. The minimum absolute atomic E-state index is 0.104. The predicted molar refractivity (Wildman–Crippen MR) is 126 cm³/mol. The van der Waals surface area contributed by atoms with Crippen LogP contribution >= 0.6 is 0 Å². The lowest BCUT2D eigenvalue weighted by Gasteiger charge is -2.57. The van der Waals surface area contributed by atoms with E-state index in [0.29, 0.717) is 11.8 Å². The van der Waals surface area contributed by atoms with E-state index in [9.17, 15) is 4.79 Å². The number of anilines is 1. The summed E-state index contributed by atoms with van der Waals surface area (Å²) in [5.41, 5.74) is 5.26. The average Bonchev–Trinajstić information content (AvgIpc) is 2.73. The highest BCUT2D eigenvalue weighted by molar-refractivity contribution is 5.90. The molecule has 0 radical (unpaired) electrons. The van der Waals surface area contributed by atoms with Gasteiger partial charge in [-0.3, -0.25) is 4.79 Å². The summed E-state index contributed by atoms with van der Waals surface area (Å²) < 4.78 is 5.32. The van der Waals surface area contributed by atoms with Crippen molar-refractivity contribution in [3.8, 4) is 5.75 Å². The Labute approximate surface area is 186 Å². The van der Waals surface area contributed by atoms with Crippen LogP contribution in [-0.2, 0) is 16.6 Å². The van der Waals surface area contributed by atoms with Gasteiger partial charge in [0.25, 0.3) is 0 Å². The number of methoxy groups -OCH3 is 1. The average molecular weight is 418 g/mol. The van der Waals surface area contributed by atoms with Crippen LogP contribution in [0.3, 0.4) is 0 Å². The maximum atomic E-state index is 12.4. The minimum atomic E-state index is 0.104. The molecule has 2 aromatic carbocycles. The van der Waals surface area contributed by atoms with Gasteiger partial charge >= 0.3 is 0 Å². The maximum absolute atomic E-state index is 12.4. The number of carbonyl (C=O) groups excluding carboxylic acids is 1. The molecule has 0 aromatic heterocycles. The summed E-state index contributed by atoms with van der Waals surface area (Å²) in [6.45, 7) is 2.06. The number of aryl methyl sites for hydroxylation is 2. The van der Waals surface area contributed by atoms with E-state index in [0.717, 1.165) is 47.6 Å². The Morgan fingerprint density at radius 2 is 1.65 bits per heavy atom. The summed E-state index contributed by atoms with van der Waals surface area (Å²) in [4.78, 5) is 12.4. The Hall–Kier alpha value is -2.29. The van der Waals surface area contributed by atoms with E-state index < -0.39 is 0 Å². The van der Waals surface area contributed by atoms with Crippen LogP contribution in [0, 0.1) is 24.7 Å². The third kappa shape index (κ3) is 4.24. The van der Waals surface area contributed by atoms with Crippen molar-refractivity contribution in [2.45, 2.75) is 70.1 Å². The summed E-state index contributed by atoms with van der Waals surface area (Å²) in [6.07, 6.45) is 10.9. The van der Waals surface area contributed by atoms with Crippen LogP contribution in [0.4, 0.5) is 5.69 Å². The summed E-state index contributed by atoms with van der Waals surface area (Å²) in [7, 11) is 1.70. The van der Waals surface area contributed by atoms with E-state index >= 15 is 0 Å². The number of benzene rings is 2. The zero-order valence-electron chi connectivity index (χ0n) is 19.0. The van der Waals surface area contributed by atoms with Gasteiger partial charge in [-0.2, -0.15) is 0 Å². The molecule has 4 fully saturated rings. The van der Waals surface area contributed by atoms with Gasteiger partial charge < -0.3 is 10.1 Å². The molecule has 0 spiro atoms. The Kier molecular flexibility index (Phi) is 5.54. The molecule has 31 heavy (non-hydrogen) atoms. The lowest BCUT2D eigenvalue weighted by Crippen LogP contribution is -2.48. The summed E-state index contributed by atoms with van der Waals surface area (Å²) >= 11 is 0. The standard InChI is InChI=1S/C28H35NO2/c1-19-12-20(6-11-26(19)31-2)4-3-5-27(30)29-25-9-7-24(8-10-25)28-16-21-13-22(17-28)15-23(14-21)18-28/h6-12,21-23H,3-5,13-18H2,1-2H3,(H,29,30). The topological polar surface area (TPSA) is 38.3 Å². The smallest absolute Gasteiger partial charge is 0.224 e. The molecule has 0 aliphatic heterocycles. The maximum Gasteiger partial charge on any atom is 0.224 e. The SMILES string of the molecule is COc1ccc(CCCC(=O)Nc2ccc(C34CC5CC(CC(C5)C3)C4)cc2)cc1C. The van der Waals surface area contributed by atoms with E-state index in [1.807, 2.05) is 6.07 Å². The zero-order valence-corrected chi connectivity index (χ0v) is 19.0. The van der Waals surface area contributed by atoms with Crippen LogP contribution in [0.5, 0.6) is 5.75 Å². The molecular weight excluding hydrogens is 382 g/mol. The first-order valence-corrected chi connectivity index (χ1v) is 12.1. The Balaban J connectivity index is 1.14. The Morgan fingerprint density at radius 3 is 2.23 bits per heavy atom. The second-order valence-electron chi connectivity index (χ2n) is 10.5. The first-order chi connectivity index (χ1) is 15.0. The molecule has 4 bridgehead atoms. The second kappa shape index (κ2) is 8.33. The molecule has 6 rings (SSSR count). The normalized spacial score (nSPS) is 28.5. The zero-order chi connectivity index (χ0) is 21.4. The second-order valence-corrected chi connectivity index (χ2v) is 10.5. The van der Waals surface area contributed by atoms with Gasteiger partial charge in [0.15, 0.2) is 0 Å². The van der Waals surface area contributed by atoms with Crippen LogP contribution in [0.25, 0.3) is 0 Å². The molecule has 0 heterocycles. The Morgan fingerprint density at radius 1 is 1.00 bits per heavy atom. The molecule has 0 saturated heterocycles. The molecule has 3 nitrogen and oxygen atoms in total. The van der Waals surface area contributed by atoms with Gasteiger partial charge in [0.1, 0.15) is 5.75 Å². The van der Waals surface area contributed by atoms with E-state index in [-0.39, 0.29) is 5.91 Å². The van der Waals surface area contributed by atoms with E-state index in [1.54, 1.807) is 7.11 Å². The molecule has 2 aromatic rings. The summed E-state index contributed by atoms with van der Waals surface area (Å²) in [6, 6.07) is 15.1. The molecular formula is C28H35NO2. The first kappa shape index (κ1) is 20.6. The highest BCUT2D eigenvalue weighted by atomic mass is 16.5. The van der Waals surface area contributed by atoms with Crippen molar-refractivity contribution in [1.29, 1.82) is 0 Å². The van der Waals surface area contributed by atoms with E-state index in [1.165, 1.54) is 49.7 Å². The number of ether oxygens (including phenoxy) is 1. The summed E-state index contributed by atoms with van der Waals surface area (Å²) in [5, 5.41) is 3.10. The molecule has 4 aliphatic carbocycles. The van der Waals surface area contributed by atoms with Gasteiger partial charge in [-0.05, 0) is 116 Å². The van der Waals surface area contributed by atoms with Gasteiger partial charge in [0, 0.05) is 12.1 Å². The Bertz CT molecular complexity index is 911. The van der Waals surface area contributed by atoms with Crippen LogP contribution in [0.2, 0.25) is 0 Å². The van der Waals surface area contributed by atoms with Gasteiger partial charge in [0.2, 0.25) is 5.91 Å². The number of hydrogen-bond acceptors (Lipinski definition) is 2. The van der Waals surface area contributed by atoms with Gasteiger partial charge in [-0.15, -0.1) is 0 Å². The van der Waals surface area contributed by atoms with Gasteiger partial charge in [-0.25, -0.2) is 0 Å². The van der Waals surface area contributed by atoms with Gasteiger partial charge in [0.05, 0.1) is 7.11 Å². The first-order valence-electron chi connectivity index (χ1n) is 12.1. The lowest BCUT2D eigenvalue weighted by molar-refractivity contribution is -0.116. The lowest BCUT2D eigenvalue weighted by atomic mass is 9.48. The molecule has 164 valence electrons. The van der Waals surface area contributed by atoms with Crippen LogP contribution < -0.4 is 10.1 Å². The van der Waals surface area contributed by atoms with Crippen molar-refractivity contribution < 1.29 is 9.53 Å². The number of carbonyl (C=O) groups is 1. The van der Waals surface area contributed by atoms with Crippen LogP contribution in [-0.4, -0.2) is 13.0 Å². The highest BCUT2D eigenvalue weighted by Crippen LogP contribution is 2.60. The van der Waals surface area contributed by atoms with Crippen molar-refractivity contribution in [3.63, 3.8) is 0 Å². The molecule has 1 N–H and O–H groups in total. The van der Waals surface area contributed by atoms with E-state index in [4.69, 9.17) is 4.74 Å². The molecule has 4 aliphatic rings. The molecule has 1 amide bonds. The fourth-order valence-corrected chi connectivity index (χ4v) is 7.14. The highest BCUT2D eigenvalue weighted by Gasteiger charge is 2.51. The number of nitrogens with one attached hydrogen (secondary N) is 1. The molecule has 3 heteroatoms. The van der Waals surface area contributed by atoms with Crippen LogP contribution in [0.15, 0.2) is 42.5 Å². The van der Waals surface area contributed by atoms with Crippen molar-refractivity contribution in [2.24, 2.45) is 17.8 Å². The number of hydrogen-bond donors (Lipinski definition) is 1. The van der Waals surface area contributed by atoms with Crippen molar-refractivity contribution in [2.75, 3.05) is 12.4 Å². The fraction of sp³-hybridized carbons (Fsp3) is 0.536. The number of amides is 1. The molecule has 4 saturated carbocycles. The quantitative estimate of drug-likeness (QED) is 0.563. The predicted octanol–water partition coefficient (Wildman–Crippen LogP) is 6.43. The van der Waals surface area contributed by atoms with Gasteiger partial charge in [-0.1, -0.05) is 24.3 Å². The van der Waals surface area contributed by atoms with Crippen molar-refractivity contribution >= 4 is 11.6 Å². The monoisotopic (exact) mass is 417 g/mol. The largest absolute Gasteiger partial charge is 0.496 e. The summed E-state index contributed by atoms with van der Waals surface area (Å²) in [5.74, 6) is 3.90. The van der Waals surface area contributed by atoms with E-state index in [2.05, 4.69) is 48.6 Å². The minimum Gasteiger partial charge on any atom is -0.496 e. The van der Waals surface area contributed by atoms with Crippen LogP contribution in [0.1, 0.15) is 68.1 Å². The van der Waals surface area contributed by atoms with Crippen molar-refractivity contribution in [1.82, 2.24) is 0 Å². The molecule has 0 atom stereocenters. The fourth-order valence-electron chi connectivity index (χ4n) is 7.14. The third-order valence-corrected chi connectivity index (χ3v) is 8.15. The van der Waals surface area contributed by atoms with Crippen molar-refractivity contribution in [3.05, 3.63) is 59.2 Å². The molecule has 0 unspecified atom stereocenters. The third-order valence-electron chi connectivity index (χ3n) is 8.15.